The molecule has 2 aromatic carbocycles. The van der Waals surface area contributed by atoms with E-state index in [1.54, 1.807) is 46.0 Å². The molecule has 4 fully saturated rings. The van der Waals surface area contributed by atoms with E-state index in [0.29, 0.717) is 98.6 Å². The highest BCUT2D eigenvalue weighted by molar-refractivity contribution is 8.15. The zero-order valence-electron chi connectivity index (χ0n) is 50.2. The van der Waals surface area contributed by atoms with E-state index in [9.17, 15) is 49.5 Å². The van der Waals surface area contributed by atoms with Crippen LogP contribution in [0.15, 0.2) is 23.2 Å². The monoisotopic (exact) mass is 1200 g/mol. The lowest BCUT2D eigenvalue weighted by Crippen LogP contribution is -2.58. The van der Waals surface area contributed by atoms with Crippen LogP contribution < -0.4 is 25.8 Å². The van der Waals surface area contributed by atoms with E-state index in [0.717, 1.165) is 51.4 Å². The molecule has 4 aliphatic carbocycles. The number of aliphatic hydroxyl groups excluding tert-OH is 2. The van der Waals surface area contributed by atoms with Crippen molar-refractivity contribution in [3.8, 4) is 17.2 Å². The van der Waals surface area contributed by atoms with Gasteiger partial charge in [-0.1, -0.05) is 47.8 Å². The number of nitrogens with zero attached hydrogens (tertiary/aromatic N) is 4. The van der Waals surface area contributed by atoms with Gasteiger partial charge in [-0.25, -0.2) is 14.6 Å². The van der Waals surface area contributed by atoms with Gasteiger partial charge in [0.2, 0.25) is 17.7 Å². The van der Waals surface area contributed by atoms with Crippen LogP contribution in [0.3, 0.4) is 0 Å². The molecule has 8 rings (SSSR count). The highest BCUT2D eigenvalue weighted by Crippen LogP contribution is 2.68. The average molecular weight is 1200 g/mol. The lowest BCUT2D eigenvalue weighted by Gasteiger charge is -2.62. The number of phenolic OH excluding ortho intramolecular Hbond substituents is 2. The quantitative estimate of drug-likeness (QED) is 0.0320. The summed E-state index contributed by atoms with van der Waals surface area (Å²) in [6.45, 7) is 22.1. The molecule has 1 unspecified atom stereocenters. The summed E-state index contributed by atoms with van der Waals surface area (Å²) in [7, 11) is 1.61. The predicted octanol–water partition coefficient (Wildman–Crippen LogP) is 6.86. The first-order chi connectivity index (χ1) is 39.8. The number of hydrogen-bond donors (Lipinski definition) is 7. The van der Waals surface area contributed by atoms with Crippen LogP contribution in [0.25, 0.3) is 23.4 Å². The minimum absolute atomic E-state index is 0.0265. The van der Waals surface area contributed by atoms with E-state index in [2.05, 4.69) is 54.5 Å². The minimum Gasteiger partial charge on any atom is -0.507 e. The summed E-state index contributed by atoms with van der Waals surface area (Å²) in [5.41, 5.74) is 0.779. The lowest BCUT2D eigenvalue weighted by atomic mass is 9.43. The summed E-state index contributed by atoms with van der Waals surface area (Å²) in [4.78, 5) is 76.4. The van der Waals surface area contributed by atoms with Crippen LogP contribution in [0.5, 0.6) is 17.2 Å². The SMILES string of the molecule is C=c1c(C)c(O)c(=C)c(C(C)(C)CC(=O)N(C)CCN(CCOCCOCCC(=O)NCCCNC(=O)CC[C@H](C)[C@@H]2CC[C@@H]3[C@@H]4[C@@H](CC[C@]32C)[C@]2(C)CC[C@H](O)C[C@@H]2C[C@@H]4O)C(=O)Oc2ccc3nc(C4=NC(C(=O)O)CS4)sc3c2)c1O. The number of aliphatic hydroxyl groups is 2. The summed E-state index contributed by atoms with van der Waals surface area (Å²) < 4.78 is 18.1. The fraction of sp³-hybridized carbons (Fsp3) is 0.667. The second kappa shape index (κ2) is 27.6. The molecule has 0 bridgehead atoms. The summed E-state index contributed by atoms with van der Waals surface area (Å²) in [5, 5.41) is 60.7. The predicted molar refractivity (Wildman–Crippen MR) is 326 cm³/mol. The van der Waals surface area contributed by atoms with Gasteiger partial charge in [0, 0.05) is 97.8 Å². The second-order valence-corrected chi connectivity index (χ2v) is 27.7. The van der Waals surface area contributed by atoms with Crippen molar-refractivity contribution in [3.05, 3.63) is 44.8 Å². The molecule has 4 amide bonds. The van der Waals surface area contributed by atoms with Gasteiger partial charge in [-0.15, -0.1) is 23.1 Å². The number of ether oxygens (including phenoxy) is 3. The third-order valence-electron chi connectivity index (χ3n) is 19.9. The molecule has 3 aromatic rings. The van der Waals surface area contributed by atoms with E-state index in [-0.39, 0.29) is 127 Å². The van der Waals surface area contributed by atoms with Crippen molar-refractivity contribution in [3.63, 3.8) is 0 Å². The van der Waals surface area contributed by atoms with E-state index in [4.69, 9.17) is 14.2 Å². The highest BCUT2D eigenvalue weighted by Gasteiger charge is 2.63. The number of fused-ring (bicyclic) bond motifs is 6. The number of likely N-dealkylation sites (N-methyl/N-ethyl adjacent to an activating group) is 1. The molecular weight excluding hydrogens is 1110 g/mol. The Morgan fingerprint density at radius 2 is 1.56 bits per heavy atom. The van der Waals surface area contributed by atoms with Crippen LogP contribution in [0, 0.1) is 53.3 Å². The molecule has 5 aliphatic rings. The number of aliphatic imine (C=N–C) groups is 1. The largest absolute Gasteiger partial charge is 0.507 e. The first-order valence-electron chi connectivity index (χ1n) is 30.2. The molecule has 21 heteroatoms. The zero-order valence-corrected chi connectivity index (χ0v) is 51.8. The van der Waals surface area contributed by atoms with Gasteiger partial charge >= 0.3 is 12.1 Å². The van der Waals surface area contributed by atoms with Crippen molar-refractivity contribution in [2.45, 2.75) is 149 Å². The second-order valence-electron chi connectivity index (χ2n) is 25.6. The van der Waals surface area contributed by atoms with Gasteiger partial charge in [-0.05, 0) is 130 Å². The van der Waals surface area contributed by atoms with Crippen molar-refractivity contribution in [1.82, 2.24) is 25.4 Å². The Hall–Kier alpha value is -5.32. The fourth-order valence-corrected chi connectivity index (χ4v) is 17.0. The van der Waals surface area contributed by atoms with Crippen LogP contribution in [0.2, 0.25) is 0 Å². The van der Waals surface area contributed by atoms with Gasteiger partial charge in [0.05, 0.1) is 48.9 Å². The average Bonchev–Trinajstić information content (AvgIpc) is 3.76. The first kappa shape index (κ1) is 64.7. The molecule has 7 N–H and O–H groups in total. The summed E-state index contributed by atoms with van der Waals surface area (Å²) >= 11 is 2.64. The van der Waals surface area contributed by atoms with E-state index >= 15 is 0 Å². The van der Waals surface area contributed by atoms with E-state index in [1.165, 1.54) is 39.3 Å². The lowest BCUT2D eigenvalue weighted by molar-refractivity contribution is -0.174. The summed E-state index contributed by atoms with van der Waals surface area (Å²) in [6.07, 6.45) is 8.93. The Morgan fingerprint density at radius 1 is 0.869 bits per heavy atom. The summed E-state index contributed by atoms with van der Waals surface area (Å²) in [5.74, 6) is 1.60. The minimum atomic E-state index is -0.997. The molecule has 4 saturated carbocycles. The van der Waals surface area contributed by atoms with E-state index < -0.39 is 23.5 Å². The number of aromatic nitrogens is 1. The van der Waals surface area contributed by atoms with Gasteiger partial charge in [-0.3, -0.25) is 19.4 Å². The maximum atomic E-state index is 13.8. The van der Waals surface area contributed by atoms with Crippen LogP contribution in [0.4, 0.5) is 4.79 Å². The van der Waals surface area contributed by atoms with Gasteiger partial charge < -0.3 is 60.2 Å². The number of phenols is 2. The number of aromatic hydroxyl groups is 2. The number of carboxylic acids is 1. The number of nitrogens with one attached hydrogen (secondary N) is 2. The number of carbonyl (C=O) groups is 5. The number of carbonyl (C=O) groups excluding carboxylic acids is 4. The Kier molecular flexibility index (Phi) is 21.2. The van der Waals surface area contributed by atoms with Crippen molar-refractivity contribution >= 4 is 81.3 Å². The van der Waals surface area contributed by atoms with Crippen LogP contribution in [0.1, 0.15) is 134 Å². The van der Waals surface area contributed by atoms with Crippen molar-refractivity contribution in [2.75, 3.05) is 72.0 Å². The number of aliphatic carboxylic acids is 1. The van der Waals surface area contributed by atoms with Gasteiger partial charge in [0.25, 0.3) is 0 Å². The van der Waals surface area contributed by atoms with E-state index in [1.807, 2.05) is 0 Å². The third kappa shape index (κ3) is 14.6. The number of hydrogen-bond acceptors (Lipinski definition) is 16. The smallest absolute Gasteiger partial charge is 0.415 e. The normalized spacial score (nSPS) is 26.8. The van der Waals surface area contributed by atoms with Crippen molar-refractivity contribution in [2.24, 2.45) is 51.3 Å². The molecule has 19 nitrogen and oxygen atoms in total. The molecule has 11 atom stereocenters. The molecule has 1 aromatic heterocycles. The topological polar surface area (TPSA) is 270 Å². The molecule has 1 aliphatic heterocycles. The maximum absolute atomic E-state index is 13.8. The number of carboxylic acid groups (broad SMARTS) is 1. The molecule has 0 radical (unpaired) electrons. The molecule has 2 heterocycles. The molecule has 84 heavy (non-hydrogen) atoms. The van der Waals surface area contributed by atoms with Gasteiger partial charge in [0.15, 0.2) is 6.04 Å². The standard InChI is InChI=1S/C63H90N6O13S2/c1-36(43-13-14-44-53-45(18-21-63(43,44)8)62(7)20-17-41(70)31-40(62)32-48(53)71)11-16-50(72)64-22-10-23-65-51(73)19-27-80-29-30-81-28-26-69(25-24-68(9)52(74)34-61(5,6)54-39(4)55(75)37(2)38(3)56(54)76)60(79)82-42-12-15-46-49(33-42)84-58(66-46)57-67-47(35-83-57)59(77)78/h12,15,33,36,40-41,43-45,47-48,53,70-71,75-76H,3-4,10-11,13-14,16-32,34-35H2,1-2,5-9H3,(H,64,72)(H,65,73)(H,77,78)/t36-,40+,41-,43-,44+,45+,47?,48-,53+,62+,63-/m0/s1. The number of thiazole rings is 1. The molecular formula is C63H90N6O13S2. The van der Waals surface area contributed by atoms with Crippen molar-refractivity contribution in [1.29, 1.82) is 0 Å². The van der Waals surface area contributed by atoms with Crippen molar-refractivity contribution < 1.29 is 63.7 Å². The first-order valence-corrected chi connectivity index (χ1v) is 32.0. The van der Waals surface area contributed by atoms with Gasteiger partial charge in [0.1, 0.15) is 27.3 Å². The highest BCUT2D eigenvalue weighted by atomic mass is 32.2. The Labute approximate surface area is 502 Å². The molecule has 0 spiro atoms. The number of amides is 4. The van der Waals surface area contributed by atoms with Crippen LogP contribution >= 0.6 is 23.1 Å². The Bertz CT molecular complexity index is 3030. The molecule has 462 valence electrons. The zero-order chi connectivity index (χ0) is 60.8. The number of benzene rings is 2. The number of rotatable bonds is 26. The third-order valence-corrected chi connectivity index (χ3v) is 22.1. The summed E-state index contributed by atoms with van der Waals surface area (Å²) in [6, 6.07) is 4.17. The number of thioether (sulfide) groups is 1. The Morgan fingerprint density at radius 3 is 2.27 bits per heavy atom. The molecule has 0 saturated heterocycles. The van der Waals surface area contributed by atoms with Gasteiger partial charge in [-0.2, -0.15) is 0 Å². The Balaban J connectivity index is 0.732. The maximum Gasteiger partial charge on any atom is 0.415 e. The van der Waals surface area contributed by atoms with Crippen LogP contribution in [-0.4, -0.2) is 165 Å². The fourth-order valence-electron chi connectivity index (χ4n) is 14.9. The van der Waals surface area contributed by atoms with Crippen LogP contribution in [-0.2, 0) is 34.1 Å².